The molecule has 0 atom stereocenters. The monoisotopic (exact) mass is 1410 g/mol. The summed E-state index contributed by atoms with van der Waals surface area (Å²) < 4.78 is 94.9. The van der Waals surface area contributed by atoms with Gasteiger partial charge in [-0.25, -0.2) is 0 Å². The van der Waals surface area contributed by atoms with E-state index in [0.717, 1.165) is 81.0 Å². The van der Waals surface area contributed by atoms with E-state index in [2.05, 4.69) is 39.2 Å². The maximum Gasteiger partial charge on any atom is 0.528 e. The van der Waals surface area contributed by atoms with Crippen LogP contribution in [0, 0.1) is 0 Å². The van der Waals surface area contributed by atoms with E-state index in [1.165, 1.54) is 148 Å². The second-order valence-corrected chi connectivity index (χ2v) is 40.1. The van der Waals surface area contributed by atoms with Crippen LogP contribution < -0.4 is 5.32 Å². The summed E-state index contributed by atoms with van der Waals surface area (Å²) in [5, 5.41) is 3.35. The van der Waals surface area contributed by atoms with Gasteiger partial charge >= 0.3 is 52.8 Å². The van der Waals surface area contributed by atoms with Gasteiger partial charge in [0.25, 0.3) is 0 Å². The van der Waals surface area contributed by atoms with Crippen LogP contribution >= 0.6 is 0 Å². The Morgan fingerprint density at radius 1 is 0.286 bits per heavy atom. The van der Waals surface area contributed by atoms with E-state index in [1.54, 1.807) is 134 Å². The summed E-state index contributed by atoms with van der Waals surface area (Å²) in [5.74, 6) is 0. The molecule has 91 heavy (non-hydrogen) atoms. The lowest BCUT2D eigenvalue weighted by atomic mass is 10.0. The summed E-state index contributed by atoms with van der Waals surface area (Å²) in [6.07, 6.45) is 39.9. The smallest absolute Gasteiger partial charge is 0.385 e. The minimum absolute atomic E-state index is 0.816. The second-order valence-electron chi connectivity index (χ2n) is 21.9. The maximum absolute atomic E-state index is 5.45. The van der Waals surface area contributed by atoms with Gasteiger partial charge in [0, 0.05) is 170 Å². The van der Waals surface area contributed by atoms with Gasteiger partial charge in [0.1, 0.15) is 0 Å². The topological polar surface area (TPSA) is 178 Å². The van der Waals surface area contributed by atoms with Crippen molar-refractivity contribution in [2.24, 2.45) is 0 Å². The highest BCUT2D eigenvalue weighted by atomic mass is 28.4. The number of anilines is 1. The molecule has 1 aromatic carbocycles. The Balaban J connectivity index is -0.000000336. The van der Waals surface area contributed by atoms with Crippen LogP contribution in [-0.4, -0.2) is 187 Å². The fourth-order valence-corrected chi connectivity index (χ4v) is 19.5. The Morgan fingerprint density at radius 2 is 0.527 bits per heavy atom. The van der Waals surface area contributed by atoms with Crippen molar-refractivity contribution >= 4 is 58.5 Å². The number of rotatable bonds is 57. The van der Waals surface area contributed by atoms with Gasteiger partial charge in [-0.15, -0.1) is 6.58 Å². The first-order valence-corrected chi connectivity index (χ1v) is 45.4. The fraction of sp³-hybridized carbons (Fsp3) is 0.848. The summed E-state index contributed by atoms with van der Waals surface area (Å²) in [6, 6.07) is 14.6. The zero-order chi connectivity index (χ0) is 69.7. The molecule has 0 radical (unpaired) electrons. The average Bonchev–Trinajstić information content (AvgIpc) is 3.69. The Hall–Kier alpha value is -0.919. The van der Waals surface area contributed by atoms with E-state index in [-0.39, 0.29) is 0 Å². The number of nitrogens with one attached hydrogen (secondary N) is 1. The third-order valence-corrected chi connectivity index (χ3v) is 32.4. The van der Waals surface area contributed by atoms with Gasteiger partial charge in [-0.3, -0.25) is 0 Å². The third-order valence-electron chi connectivity index (χ3n) is 15.9. The van der Waals surface area contributed by atoms with E-state index in [1.807, 2.05) is 36.4 Å². The summed E-state index contributed by atoms with van der Waals surface area (Å²) in [5.41, 5.74) is 2.71. The third kappa shape index (κ3) is 52.8. The largest absolute Gasteiger partial charge is 0.528 e. The number of benzene rings is 1. The molecular weight excluding hydrogens is 1260 g/mol. The first kappa shape index (κ1) is 98.8. The molecule has 1 rings (SSSR count). The van der Waals surface area contributed by atoms with E-state index in [9.17, 15) is 0 Å². The van der Waals surface area contributed by atoms with Crippen molar-refractivity contribution in [2.75, 3.05) is 140 Å². The lowest BCUT2D eigenvalue weighted by Gasteiger charge is -2.24. The van der Waals surface area contributed by atoms with Crippen molar-refractivity contribution in [1.29, 1.82) is 0 Å². The number of hydrogen-bond donors (Lipinski definition) is 1. The fourth-order valence-electron chi connectivity index (χ4n) is 9.68. The molecule has 1 aromatic rings. The van der Waals surface area contributed by atoms with Crippen LogP contribution in [0.2, 0.25) is 30.2 Å². The molecule has 546 valence electrons. The van der Waals surface area contributed by atoms with E-state index >= 15 is 0 Å². The highest BCUT2D eigenvalue weighted by Gasteiger charge is 2.40. The molecule has 0 unspecified atom stereocenters. The van der Waals surface area contributed by atoms with Crippen molar-refractivity contribution in [3.05, 3.63) is 55.3 Å². The predicted octanol–water partition coefficient (Wildman–Crippen LogP) is 17.6. The molecule has 19 nitrogen and oxygen atoms in total. The Morgan fingerprint density at radius 3 is 0.736 bits per heavy atom. The van der Waals surface area contributed by atoms with Crippen molar-refractivity contribution in [3.8, 4) is 0 Å². The van der Waals surface area contributed by atoms with E-state index in [0.29, 0.717) is 0 Å². The first-order chi connectivity index (χ1) is 44.0. The number of unbranched alkanes of at least 4 members (excludes halogenated alkanes) is 24. The Bertz CT molecular complexity index is 1550. The molecule has 0 spiro atoms. The summed E-state index contributed by atoms with van der Waals surface area (Å²) in [4.78, 5) is 0. The van der Waals surface area contributed by atoms with Gasteiger partial charge in [-0.05, 0) is 56.4 Å². The number of hydrogen-bond acceptors (Lipinski definition) is 19. The lowest BCUT2D eigenvalue weighted by Crippen LogP contribution is -2.42. The van der Waals surface area contributed by atoms with Gasteiger partial charge in [0.2, 0.25) is 0 Å². The van der Waals surface area contributed by atoms with Crippen molar-refractivity contribution in [3.63, 3.8) is 0 Å². The standard InChI is InChI=1S/C21H46O3Si.C12H21NO3Si.C11H26O3Si.C11H24O3Si.C6H16O3Si.C5H12O3Si/c1-5-6-7-8-9-10-11-12-13-14-15-16-17-18-19-20-21-25(22-2,23-3)24-4;1-14-17(15-2,16-3)11-7-10-13-12-8-5-4-6-9-12;2*1-5-6-7-8-9-10-11-15(12-2,13-3)14-4;1-5-6-10(7-2,8-3)9-4;1-5-9(6-2,7-3)8-4/h5-21H2,1-4H3;4-6,8-9,13H,7,10-11H2,1-3H3;5-11H2,1-4H3;5H,1,6-11H2,2-4H3;5-6H2,1-4H3;5H,1H2,2-4H3. The quantitative estimate of drug-likeness (QED) is 0.0369. The van der Waals surface area contributed by atoms with Crippen LogP contribution in [0.1, 0.15) is 207 Å². The number of allylic oxidation sites excluding steroid dienone is 1. The predicted molar refractivity (Wildman–Crippen MR) is 391 cm³/mol. The molecule has 0 aliphatic rings. The van der Waals surface area contributed by atoms with Crippen LogP contribution in [-0.2, 0) is 79.7 Å². The minimum atomic E-state index is -2.43. The Kier molecular flexibility index (Phi) is 76.4. The van der Waals surface area contributed by atoms with Gasteiger partial charge in [-0.1, -0.05) is 199 Å². The van der Waals surface area contributed by atoms with Crippen LogP contribution in [0.3, 0.4) is 0 Å². The first-order valence-electron chi connectivity index (χ1n) is 33.9. The Labute approximate surface area is 567 Å². The second kappa shape index (κ2) is 70.4. The number of para-hydroxylation sites is 1. The zero-order valence-electron chi connectivity index (χ0n) is 62.6. The molecule has 0 saturated heterocycles. The average molecular weight is 1410 g/mol. The molecule has 0 bridgehead atoms. The molecule has 0 aliphatic carbocycles. The molecule has 0 amide bonds. The normalized spacial score (nSPS) is 11.8. The van der Waals surface area contributed by atoms with E-state index in [4.69, 9.17) is 79.7 Å². The summed E-state index contributed by atoms with van der Waals surface area (Å²) >= 11 is 0. The molecular formula is C66H145NO18Si6. The molecule has 0 aliphatic heterocycles. The SMILES string of the molecule is C=CCCCCCC[Si](OC)(OC)OC.C=C[Si](OC)(OC)OC.CCCCCCCCCCCCCCCCCC[Si](OC)(OC)OC.CCCCCCCC[Si](OC)(OC)OC.CCC[Si](OC)(OC)OC.CO[Si](CCCNc1ccccc1)(OC)OC. The molecule has 1 N–H and O–H groups in total. The van der Waals surface area contributed by atoms with Gasteiger partial charge in [0.05, 0.1) is 0 Å². The van der Waals surface area contributed by atoms with E-state index < -0.39 is 52.8 Å². The zero-order valence-corrected chi connectivity index (χ0v) is 68.6. The molecule has 0 heterocycles. The highest BCUT2D eigenvalue weighted by Crippen LogP contribution is 2.22. The van der Waals surface area contributed by atoms with Crippen LogP contribution in [0.4, 0.5) is 5.69 Å². The van der Waals surface area contributed by atoms with Crippen LogP contribution in [0.5, 0.6) is 0 Å². The van der Waals surface area contributed by atoms with Gasteiger partial charge < -0.3 is 85.0 Å². The van der Waals surface area contributed by atoms with Crippen molar-refractivity contribution in [2.45, 2.75) is 237 Å². The minimum Gasteiger partial charge on any atom is -0.385 e. The maximum atomic E-state index is 5.45. The molecule has 0 saturated carbocycles. The summed E-state index contributed by atoms with van der Waals surface area (Å²) in [7, 11) is 15.6. The van der Waals surface area contributed by atoms with Gasteiger partial charge in [-0.2, -0.15) is 0 Å². The summed E-state index contributed by atoms with van der Waals surface area (Å²) in [6.45, 7) is 14.7. The molecule has 25 heteroatoms. The van der Waals surface area contributed by atoms with Crippen molar-refractivity contribution in [1.82, 2.24) is 0 Å². The molecule has 0 aromatic heterocycles. The van der Waals surface area contributed by atoms with Crippen LogP contribution in [0.15, 0.2) is 55.3 Å². The lowest BCUT2D eigenvalue weighted by molar-refractivity contribution is 0.122. The van der Waals surface area contributed by atoms with Crippen molar-refractivity contribution < 1.29 is 79.7 Å². The molecule has 0 fully saturated rings. The van der Waals surface area contributed by atoms with Gasteiger partial charge in [0.15, 0.2) is 0 Å². The van der Waals surface area contributed by atoms with Crippen LogP contribution in [0.25, 0.3) is 0 Å². The highest BCUT2D eigenvalue weighted by molar-refractivity contribution is 6.66.